The Hall–Kier alpha value is -2.19. The molecule has 0 spiro atoms. The van der Waals surface area contributed by atoms with Crippen LogP contribution in [0.15, 0.2) is 59.9 Å². The highest BCUT2D eigenvalue weighted by Gasteiger charge is 2.22. The average Bonchev–Trinajstić information content (AvgIpc) is 3.00. The van der Waals surface area contributed by atoms with E-state index in [1.807, 2.05) is 38.4 Å². The lowest BCUT2D eigenvalue weighted by atomic mass is 9.99. The summed E-state index contributed by atoms with van der Waals surface area (Å²) in [6.07, 6.45) is 1.38. The molecule has 3 aromatic rings. The summed E-state index contributed by atoms with van der Waals surface area (Å²) in [6, 6.07) is 16.0. The first kappa shape index (κ1) is 20.5. The fourth-order valence-corrected chi connectivity index (χ4v) is 4.36. The van der Waals surface area contributed by atoms with Crippen LogP contribution in [0.1, 0.15) is 11.1 Å². The van der Waals surface area contributed by atoms with Gasteiger partial charge in [0.25, 0.3) is 10.0 Å². The van der Waals surface area contributed by atoms with E-state index < -0.39 is 10.0 Å². The number of nitrogens with one attached hydrogen (secondary N) is 1. The fourth-order valence-electron chi connectivity index (χ4n) is 2.93. The number of benzene rings is 2. The first-order chi connectivity index (χ1) is 13.3. The Balaban J connectivity index is 1.82. The highest BCUT2D eigenvalue weighted by atomic mass is 35.5. The molecule has 2 aromatic carbocycles. The Morgan fingerprint density at radius 2 is 1.79 bits per heavy atom. The second-order valence-corrected chi connectivity index (χ2v) is 8.91. The van der Waals surface area contributed by atoms with E-state index in [9.17, 15) is 8.42 Å². The standard InChI is InChI=1S/C20H23ClN4O2S/c1-24(2)13-15-8-10-16(11-9-15)18-7-5-4-6-17(18)12-23-28(26,27)20-19(21)25(3)14-22-20/h4-11,14,23H,12-13H2,1-3H3. The molecule has 148 valence electrons. The van der Waals surface area contributed by atoms with E-state index in [2.05, 4.69) is 38.9 Å². The van der Waals surface area contributed by atoms with Crippen LogP contribution in [-0.2, 0) is 30.2 Å². The zero-order valence-electron chi connectivity index (χ0n) is 16.1. The molecule has 8 heteroatoms. The summed E-state index contributed by atoms with van der Waals surface area (Å²) < 4.78 is 29.2. The molecule has 0 atom stereocenters. The Bertz CT molecular complexity index is 1060. The molecule has 0 bridgehead atoms. The van der Waals surface area contributed by atoms with Crippen LogP contribution in [0.5, 0.6) is 0 Å². The largest absolute Gasteiger partial charge is 0.324 e. The van der Waals surface area contributed by atoms with Crippen molar-refractivity contribution in [3.63, 3.8) is 0 Å². The smallest absolute Gasteiger partial charge is 0.261 e. The maximum absolute atomic E-state index is 12.6. The van der Waals surface area contributed by atoms with Crippen molar-refractivity contribution in [3.05, 3.63) is 71.1 Å². The Labute approximate surface area is 170 Å². The monoisotopic (exact) mass is 418 g/mol. The Morgan fingerprint density at radius 3 is 2.39 bits per heavy atom. The minimum atomic E-state index is -3.81. The van der Waals surface area contributed by atoms with E-state index in [4.69, 9.17) is 11.6 Å². The van der Waals surface area contributed by atoms with Crippen LogP contribution in [0.4, 0.5) is 0 Å². The van der Waals surface area contributed by atoms with Crippen molar-refractivity contribution >= 4 is 21.6 Å². The second kappa shape index (κ2) is 8.45. The minimum absolute atomic E-state index is 0.0808. The molecule has 0 aliphatic rings. The van der Waals surface area contributed by atoms with Crippen molar-refractivity contribution in [2.45, 2.75) is 18.1 Å². The number of aromatic nitrogens is 2. The van der Waals surface area contributed by atoms with Crippen molar-refractivity contribution in [2.75, 3.05) is 14.1 Å². The highest BCUT2D eigenvalue weighted by molar-refractivity contribution is 7.89. The van der Waals surface area contributed by atoms with Crippen LogP contribution in [0.2, 0.25) is 5.15 Å². The number of halogens is 1. The van der Waals surface area contributed by atoms with Gasteiger partial charge in [-0.05, 0) is 36.3 Å². The molecule has 0 fully saturated rings. The Morgan fingerprint density at radius 1 is 1.11 bits per heavy atom. The Kier molecular flexibility index (Phi) is 6.20. The van der Waals surface area contributed by atoms with Gasteiger partial charge < -0.3 is 9.47 Å². The van der Waals surface area contributed by atoms with Crippen molar-refractivity contribution < 1.29 is 8.42 Å². The van der Waals surface area contributed by atoms with Crippen LogP contribution in [0, 0.1) is 0 Å². The molecule has 0 saturated heterocycles. The van der Waals surface area contributed by atoms with Crippen molar-refractivity contribution in [1.29, 1.82) is 0 Å². The highest BCUT2D eigenvalue weighted by Crippen LogP contribution is 2.25. The minimum Gasteiger partial charge on any atom is -0.324 e. The molecule has 6 nitrogen and oxygen atoms in total. The third kappa shape index (κ3) is 4.62. The molecular weight excluding hydrogens is 396 g/mol. The molecule has 0 unspecified atom stereocenters. The summed E-state index contributed by atoms with van der Waals surface area (Å²) in [5.41, 5.74) is 4.11. The van der Waals surface area contributed by atoms with Gasteiger partial charge in [0.1, 0.15) is 5.15 Å². The zero-order chi connectivity index (χ0) is 20.3. The SMILES string of the molecule is CN(C)Cc1ccc(-c2ccccc2CNS(=O)(=O)c2ncn(C)c2Cl)cc1. The van der Waals surface area contributed by atoms with E-state index in [0.29, 0.717) is 0 Å². The van der Waals surface area contributed by atoms with Crippen LogP contribution in [0.3, 0.4) is 0 Å². The number of hydrogen-bond acceptors (Lipinski definition) is 4. The number of rotatable bonds is 7. The number of sulfonamides is 1. The van der Waals surface area contributed by atoms with Crippen molar-refractivity contribution in [2.24, 2.45) is 7.05 Å². The van der Waals surface area contributed by atoms with Crippen molar-refractivity contribution in [1.82, 2.24) is 19.2 Å². The topological polar surface area (TPSA) is 67.2 Å². The summed E-state index contributed by atoms with van der Waals surface area (Å²) in [5, 5.41) is -0.0838. The zero-order valence-corrected chi connectivity index (χ0v) is 17.6. The molecule has 1 aromatic heterocycles. The quantitative estimate of drug-likeness (QED) is 0.639. The normalized spacial score (nSPS) is 11.9. The van der Waals surface area contributed by atoms with Gasteiger partial charge in [-0.1, -0.05) is 60.1 Å². The molecule has 3 rings (SSSR count). The van der Waals surface area contributed by atoms with Gasteiger partial charge in [0.05, 0.1) is 6.33 Å². The van der Waals surface area contributed by atoms with Gasteiger partial charge in [0.15, 0.2) is 0 Å². The van der Waals surface area contributed by atoms with Gasteiger partial charge in [-0.2, -0.15) is 0 Å². The predicted molar refractivity (Wildman–Crippen MR) is 112 cm³/mol. The van der Waals surface area contributed by atoms with Crippen LogP contribution in [0.25, 0.3) is 11.1 Å². The van der Waals surface area contributed by atoms with Crippen LogP contribution in [-0.4, -0.2) is 37.0 Å². The third-order valence-electron chi connectivity index (χ3n) is 4.32. The molecule has 1 N–H and O–H groups in total. The maximum Gasteiger partial charge on any atom is 0.261 e. The summed E-state index contributed by atoms with van der Waals surface area (Å²) in [4.78, 5) is 6.00. The van der Waals surface area contributed by atoms with E-state index >= 15 is 0 Å². The lowest BCUT2D eigenvalue weighted by Gasteiger charge is -2.13. The molecule has 1 heterocycles. The number of imidazole rings is 1. The molecule has 28 heavy (non-hydrogen) atoms. The van der Waals surface area contributed by atoms with E-state index in [1.165, 1.54) is 16.5 Å². The van der Waals surface area contributed by atoms with Crippen LogP contribution < -0.4 is 4.72 Å². The molecule has 0 aliphatic carbocycles. The molecule has 0 radical (unpaired) electrons. The number of nitrogens with zero attached hydrogens (tertiary/aromatic N) is 3. The summed E-state index contributed by atoms with van der Waals surface area (Å²) in [5.74, 6) is 0. The van der Waals surface area contributed by atoms with E-state index in [1.54, 1.807) is 7.05 Å². The predicted octanol–water partition coefficient (Wildman–Crippen LogP) is 3.28. The van der Waals surface area contributed by atoms with Crippen LogP contribution >= 0.6 is 11.6 Å². The molecule has 0 aliphatic heterocycles. The van der Waals surface area contributed by atoms with Gasteiger partial charge in [0.2, 0.25) is 5.03 Å². The van der Waals surface area contributed by atoms with E-state index in [0.717, 1.165) is 23.2 Å². The number of aryl methyl sites for hydroxylation is 1. The molecule has 0 saturated carbocycles. The van der Waals surface area contributed by atoms with Gasteiger partial charge in [-0.25, -0.2) is 18.1 Å². The second-order valence-electron chi connectivity index (χ2n) is 6.87. The van der Waals surface area contributed by atoms with E-state index in [-0.39, 0.29) is 16.7 Å². The van der Waals surface area contributed by atoms with Gasteiger partial charge in [0, 0.05) is 20.1 Å². The lowest BCUT2D eigenvalue weighted by molar-refractivity contribution is 0.402. The third-order valence-corrected chi connectivity index (χ3v) is 6.21. The number of hydrogen-bond donors (Lipinski definition) is 1. The first-order valence-electron chi connectivity index (χ1n) is 8.76. The van der Waals surface area contributed by atoms with Gasteiger partial charge in [-0.3, -0.25) is 0 Å². The maximum atomic E-state index is 12.6. The fraction of sp³-hybridized carbons (Fsp3) is 0.250. The van der Waals surface area contributed by atoms with Crippen molar-refractivity contribution in [3.8, 4) is 11.1 Å². The van der Waals surface area contributed by atoms with Gasteiger partial charge >= 0.3 is 0 Å². The summed E-state index contributed by atoms with van der Waals surface area (Å²) in [6.45, 7) is 1.01. The molecule has 0 amide bonds. The summed E-state index contributed by atoms with van der Waals surface area (Å²) >= 11 is 6.03. The average molecular weight is 419 g/mol. The molecular formula is C20H23ClN4O2S. The summed E-state index contributed by atoms with van der Waals surface area (Å²) in [7, 11) is 1.90. The van der Waals surface area contributed by atoms with Gasteiger partial charge in [-0.15, -0.1) is 0 Å². The lowest BCUT2D eigenvalue weighted by Crippen LogP contribution is -2.24. The first-order valence-corrected chi connectivity index (χ1v) is 10.6.